The Labute approximate surface area is 126 Å². The van der Waals surface area contributed by atoms with E-state index < -0.39 is 0 Å². The molecule has 2 N–H and O–H groups in total. The van der Waals surface area contributed by atoms with E-state index in [1.807, 2.05) is 12.1 Å². The van der Waals surface area contributed by atoms with E-state index in [9.17, 15) is 0 Å². The van der Waals surface area contributed by atoms with Crippen molar-refractivity contribution in [2.24, 2.45) is 17.6 Å². The Morgan fingerprint density at radius 2 is 2.00 bits per heavy atom. The highest BCUT2D eigenvalue weighted by atomic mass is 16.5. The number of nitrogens with zero attached hydrogens (tertiary/aromatic N) is 2. The molecular formula is C17H25N3O. The Morgan fingerprint density at radius 1 is 1.24 bits per heavy atom. The molecule has 4 heteroatoms. The second kappa shape index (κ2) is 7.36. The maximum Gasteiger partial charge on any atom is 0.226 e. The first-order valence-electron chi connectivity index (χ1n) is 7.64. The highest BCUT2D eigenvalue weighted by Gasteiger charge is 2.15. The molecule has 2 rings (SSSR count). The number of aryl methyl sites for hydroxylation is 1. The van der Waals surface area contributed by atoms with Crippen molar-refractivity contribution in [1.82, 2.24) is 10.1 Å². The first-order chi connectivity index (χ1) is 10.1. The van der Waals surface area contributed by atoms with Crippen molar-refractivity contribution in [1.29, 1.82) is 0 Å². The molecule has 1 heterocycles. The van der Waals surface area contributed by atoms with Gasteiger partial charge >= 0.3 is 0 Å². The van der Waals surface area contributed by atoms with Gasteiger partial charge in [0.1, 0.15) is 0 Å². The molecule has 1 aromatic heterocycles. The lowest BCUT2D eigenvalue weighted by atomic mass is 9.94. The second-order valence-electron chi connectivity index (χ2n) is 6.14. The largest absolute Gasteiger partial charge is 0.339 e. The summed E-state index contributed by atoms with van der Waals surface area (Å²) < 4.78 is 5.37. The topological polar surface area (TPSA) is 64.9 Å². The van der Waals surface area contributed by atoms with Crippen LogP contribution in [0, 0.1) is 18.8 Å². The molecule has 0 bridgehead atoms. The normalized spacial score (nSPS) is 12.8. The van der Waals surface area contributed by atoms with E-state index in [1.54, 1.807) is 0 Å². The van der Waals surface area contributed by atoms with Gasteiger partial charge in [-0.25, -0.2) is 0 Å². The zero-order chi connectivity index (χ0) is 15.2. The number of hydrogen-bond acceptors (Lipinski definition) is 4. The Bertz CT molecular complexity index is 563. The van der Waals surface area contributed by atoms with E-state index in [2.05, 4.69) is 43.0 Å². The molecule has 1 unspecified atom stereocenters. The summed E-state index contributed by atoms with van der Waals surface area (Å²) in [5, 5.41) is 4.09. The standard InChI is InChI=1S/C17H25N3O/c1-12(2)8-14(11-18)9-17-19-16(20-21-17)10-15-7-5-4-6-13(15)3/h4-7,12,14H,8-11,18H2,1-3H3. The van der Waals surface area contributed by atoms with Gasteiger partial charge in [-0.1, -0.05) is 43.3 Å². The van der Waals surface area contributed by atoms with Crippen molar-refractivity contribution in [3.63, 3.8) is 0 Å². The van der Waals surface area contributed by atoms with Crippen LogP contribution >= 0.6 is 0 Å². The molecule has 0 saturated carbocycles. The maximum atomic E-state index is 5.83. The molecule has 0 saturated heterocycles. The van der Waals surface area contributed by atoms with Gasteiger partial charge in [0, 0.05) is 12.8 Å². The predicted octanol–water partition coefficient (Wildman–Crippen LogP) is 3.13. The van der Waals surface area contributed by atoms with E-state index in [1.165, 1.54) is 11.1 Å². The number of rotatable bonds is 7. The molecule has 1 aromatic carbocycles. The average Bonchev–Trinajstić information content (AvgIpc) is 2.87. The summed E-state index contributed by atoms with van der Waals surface area (Å²) in [6.07, 6.45) is 2.58. The van der Waals surface area contributed by atoms with Crippen LogP contribution in [0.4, 0.5) is 0 Å². The molecule has 21 heavy (non-hydrogen) atoms. The van der Waals surface area contributed by atoms with Gasteiger partial charge in [0.15, 0.2) is 5.82 Å². The molecular weight excluding hydrogens is 262 g/mol. The molecule has 0 spiro atoms. The van der Waals surface area contributed by atoms with Crippen LogP contribution in [0.25, 0.3) is 0 Å². The minimum absolute atomic E-state index is 0.414. The van der Waals surface area contributed by atoms with Crippen LogP contribution in [0.2, 0.25) is 0 Å². The van der Waals surface area contributed by atoms with Gasteiger partial charge in [-0.15, -0.1) is 0 Å². The summed E-state index contributed by atoms with van der Waals surface area (Å²) in [4.78, 5) is 4.51. The molecule has 0 aliphatic heterocycles. The molecule has 0 aliphatic rings. The second-order valence-corrected chi connectivity index (χ2v) is 6.14. The van der Waals surface area contributed by atoms with E-state index >= 15 is 0 Å². The molecule has 4 nitrogen and oxygen atoms in total. The van der Waals surface area contributed by atoms with Crippen molar-refractivity contribution >= 4 is 0 Å². The van der Waals surface area contributed by atoms with Gasteiger partial charge in [0.05, 0.1) is 0 Å². The quantitative estimate of drug-likeness (QED) is 0.849. The van der Waals surface area contributed by atoms with Gasteiger partial charge in [-0.2, -0.15) is 4.98 Å². The van der Waals surface area contributed by atoms with E-state index in [-0.39, 0.29) is 0 Å². The van der Waals surface area contributed by atoms with E-state index in [0.29, 0.717) is 30.7 Å². The number of nitrogens with two attached hydrogens (primary N) is 1. The monoisotopic (exact) mass is 287 g/mol. The van der Waals surface area contributed by atoms with E-state index in [0.717, 1.165) is 18.7 Å². The van der Waals surface area contributed by atoms with Crippen LogP contribution in [0.1, 0.15) is 43.1 Å². The summed E-state index contributed by atoms with van der Waals surface area (Å²) in [7, 11) is 0. The summed E-state index contributed by atoms with van der Waals surface area (Å²) in [6.45, 7) is 7.18. The summed E-state index contributed by atoms with van der Waals surface area (Å²) in [5.41, 5.74) is 8.32. The highest BCUT2D eigenvalue weighted by Crippen LogP contribution is 2.17. The first kappa shape index (κ1) is 15.7. The number of benzene rings is 1. The SMILES string of the molecule is Cc1ccccc1Cc1noc(CC(CN)CC(C)C)n1. The van der Waals surface area contributed by atoms with Crippen molar-refractivity contribution in [2.45, 2.75) is 40.0 Å². The lowest BCUT2D eigenvalue weighted by Crippen LogP contribution is -2.19. The predicted molar refractivity (Wildman–Crippen MR) is 84.0 cm³/mol. The van der Waals surface area contributed by atoms with Gasteiger partial charge in [-0.3, -0.25) is 0 Å². The van der Waals surface area contributed by atoms with Gasteiger partial charge in [0.2, 0.25) is 5.89 Å². The zero-order valence-electron chi connectivity index (χ0n) is 13.2. The molecule has 0 fully saturated rings. The molecule has 1 atom stereocenters. The Balaban J connectivity index is 1.99. The molecule has 2 aromatic rings. The fraction of sp³-hybridized carbons (Fsp3) is 0.529. The fourth-order valence-electron chi connectivity index (χ4n) is 2.60. The Kier molecular flexibility index (Phi) is 5.51. The van der Waals surface area contributed by atoms with Gasteiger partial charge < -0.3 is 10.3 Å². The summed E-state index contributed by atoms with van der Waals surface area (Å²) in [6, 6.07) is 8.28. The van der Waals surface area contributed by atoms with Crippen molar-refractivity contribution in [3.05, 3.63) is 47.1 Å². The molecule has 0 amide bonds. The molecule has 0 radical (unpaired) electrons. The van der Waals surface area contributed by atoms with Crippen LogP contribution in [0.15, 0.2) is 28.8 Å². The highest BCUT2D eigenvalue weighted by molar-refractivity contribution is 5.27. The van der Waals surface area contributed by atoms with Crippen molar-refractivity contribution < 1.29 is 4.52 Å². The van der Waals surface area contributed by atoms with Crippen LogP contribution < -0.4 is 5.73 Å². The first-order valence-corrected chi connectivity index (χ1v) is 7.64. The van der Waals surface area contributed by atoms with Gasteiger partial charge in [0.25, 0.3) is 0 Å². The zero-order valence-corrected chi connectivity index (χ0v) is 13.2. The van der Waals surface area contributed by atoms with E-state index in [4.69, 9.17) is 10.3 Å². The Hall–Kier alpha value is -1.68. The van der Waals surface area contributed by atoms with Gasteiger partial charge in [-0.05, 0) is 42.9 Å². The van der Waals surface area contributed by atoms with Crippen molar-refractivity contribution in [3.8, 4) is 0 Å². The smallest absolute Gasteiger partial charge is 0.226 e. The van der Waals surface area contributed by atoms with Crippen LogP contribution in [-0.4, -0.2) is 16.7 Å². The third-order valence-corrected chi connectivity index (χ3v) is 3.72. The van der Waals surface area contributed by atoms with Crippen LogP contribution in [0.3, 0.4) is 0 Å². The fourth-order valence-corrected chi connectivity index (χ4v) is 2.60. The maximum absolute atomic E-state index is 5.83. The van der Waals surface area contributed by atoms with Crippen molar-refractivity contribution in [2.75, 3.05) is 6.54 Å². The molecule has 0 aliphatic carbocycles. The summed E-state index contributed by atoms with van der Waals surface area (Å²) in [5.74, 6) is 2.50. The average molecular weight is 287 g/mol. The van der Waals surface area contributed by atoms with Crippen LogP contribution in [0.5, 0.6) is 0 Å². The minimum atomic E-state index is 0.414. The number of hydrogen-bond donors (Lipinski definition) is 1. The molecule has 114 valence electrons. The minimum Gasteiger partial charge on any atom is -0.339 e. The lowest BCUT2D eigenvalue weighted by Gasteiger charge is -2.14. The third kappa shape index (κ3) is 4.67. The summed E-state index contributed by atoms with van der Waals surface area (Å²) >= 11 is 0. The Morgan fingerprint density at radius 3 is 2.67 bits per heavy atom. The third-order valence-electron chi connectivity index (χ3n) is 3.72. The lowest BCUT2D eigenvalue weighted by molar-refractivity contribution is 0.329. The van der Waals surface area contributed by atoms with Crippen LogP contribution in [-0.2, 0) is 12.8 Å². The number of aromatic nitrogens is 2.